The highest BCUT2D eigenvalue weighted by Crippen LogP contribution is 2.35. The van der Waals surface area contributed by atoms with Crippen LogP contribution in [0.15, 0.2) is 35.7 Å². The van der Waals surface area contributed by atoms with Crippen molar-refractivity contribution < 1.29 is 19.1 Å². The molecule has 1 aliphatic carbocycles. The summed E-state index contributed by atoms with van der Waals surface area (Å²) in [6.45, 7) is 3.38. The molecular formula is C23H28N2O4S. The van der Waals surface area contributed by atoms with E-state index in [0.717, 1.165) is 30.6 Å². The van der Waals surface area contributed by atoms with E-state index in [4.69, 9.17) is 9.47 Å². The minimum atomic E-state index is -0.159. The number of carbonyl (C=O) groups is 2. The summed E-state index contributed by atoms with van der Waals surface area (Å²) < 4.78 is 11.3. The highest BCUT2D eigenvalue weighted by molar-refractivity contribution is 7.10. The van der Waals surface area contributed by atoms with Gasteiger partial charge in [-0.3, -0.25) is 9.59 Å². The highest BCUT2D eigenvalue weighted by atomic mass is 32.1. The first kappa shape index (κ1) is 20.7. The van der Waals surface area contributed by atoms with E-state index in [0.29, 0.717) is 31.4 Å². The normalized spacial score (nSPS) is 17.9. The van der Waals surface area contributed by atoms with E-state index in [1.54, 1.807) is 30.3 Å². The van der Waals surface area contributed by atoms with Gasteiger partial charge in [-0.15, -0.1) is 11.3 Å². The van der Waals surface area contributed by atoms with Crippen LogP contribution in [0.4, 0.5) is 0 Å². The van der Waals surface area contributed by atoms with Crippen LogP contribution in [0.2, 0.25) is 0 Å². The molecule has 160 valence electrons. The molecule has 7 heteroatoms. The van der Waals surface area contributed by atoms with Gasteiger partial charge >= 0.3 is 0 Å². The number of ether oxygens (including phenoxy) is 2. The van der Waals surface area contributed by atoms with E-state index >= 15 is 0 Å². The van der Waals surface area contributed by atoms with Crippen LogP contribution in [0.3, 0.4) is 0 Å². The number of amides is 2. The zero-order valence-electron chi connectivity index (χ0n) is 17.5. The van der Waals surface area contributed by atoms with Crippen LogP contribution in [0.5, 0.6) is 11.5 Å². The van der Waals surface area contributed by atoms with Crippen molar-refractivity contribution in [3.63, 3.8) is 0 Å². The number of fused-ring (bicyclic) bond motifs is 1. The van der Waals surface area contributed by atoms with Crippen molar-refractivity contribution in [2.75, 3.05) is 33.4 Å². The molecule has 1 atom stereocenters. The predicted octanol–water partition coefficient (Wildman–Crippen LogP) is 3.52. The van der Waals surface area contributed by atoms with Crippen molar-refractivity contribution in [3.05, 3.63) is 46.2 Å². The van der Waals surface area contributed by atoms with Gasteiger partial charge in [0.05, 0.1) is 19.7 Å². The third-order valence-corrected chi connectivity index (χ3v) is 6.81. The van der Waals surface area contributed by atoms with Gasteiger partial charge in [0.2, 0.25) is 11.8 Å². The van der Waals surface area contributed by atoms with E-state index in [1.165, 1.54) is 4.88 Å². The van der Waals surface area contributed by atoms with Crippen LogP contribution in [-0.2, 0) is 16.0 Å². The number of thiophene rings is 1. The molecule has 1 unspecified atom stereocenters. The van der Waals surface area contributed by atoms with E-state index in [9.17, 15) is 9.59 Å². The van der Waals surface area contributed by atoms with Crippen molar-refractivity contribution in [2.24, 2.45) is 5.92 Å². The lowest BCUT2D eigenvalue weighted by Gasteiger charge is -2.37. The first-order valence-electron chi connectivity index (χ1n) is 10.4. The predicted molar refractivity (Wildman–Crippen MR) is 116 cm³/mol. The summed E-state index contributed by atoms with van der Waals surface area (Å²) in [5, 5.41) is 2.08. The van der Waals surface area contributed by atoms with Gasteiger partial charge in [-0.2, -0.15) is 0 Å². The highest BCUT2D eigenvalue weighted by Gasteiger charge is 2.34. The van der Waals surface area contributed by atoms with Crippen LogP contribution in [0, 0.1) is 5.92 Å². The maximum Gasteiger partial charge on any atom is 0.242 e. The first-order valence-corrected chi connectivity index (χ1v) is 11.3. The standard InChI is InChI=1S/C23H28N2O4S/c1-16(26)24(13-17-6-7-17)14-23(27)25-10-8-22-20(9-11-30-22)21(25)15-29-19-5-3-4-18(12-19)28-2/h3-5,9,11-12,17,21H,6-8,10,13-15H2,1-2H3. The molecule has 4 rings (SSSR count). The van der Waals surface area contributed by atoms with Crippen LogP contribution in [-0.4, -0.2) is 55.0 Å². The molecule has 1 aromatic heterocycles. The second kappa shape index (κ2) is 9.08. The number of hydrogen-bond donors (Lipinski definition) is 0. The summed E-state index contributed by atoms with van der Waals surface area (Å²) in [6, 6.07) is 9.42. The molecule has 2 aliphatic rings. The number of rotatable bonds is 8. The van der Waals surface area contributed by atoms with Gasteiger partial charge < -0.3 is 19.3 Å². The van der Waals surface area contributed by atoms with Gasteiger partial charge in [-0.05, 0) is 54.3 Å². The molecule has 0 saturated heterocycles. The molecule has 0 N–H and O–H groups in total. The zero-order valence-corrected chi connectivity index (χ0v) is 18.3. The Balaban J connectivity index is 1.48. The summed E-state index contributed by atoms with van der Waals surface area (Å²) in [4.78, 5) is 30.2. The Morgan fingerprint density at radius 3 is 2.77 bits per heavy atom. The van der Waals surface area contributed by atoms with E-state index in [-0.39, 0.29) is 24.4 Å². The van der Waals surface area contributed by atoms with Crippen molar-refractivity contribution >= 4 is 23.2 Å². The molecule has 2 amide bonds. The fourth-order valence-corrected chi connectivity index (χ4v) is 4.84. The number of hydrogen-bond acceptors (Lipinski definition) is 5. The molecule has 2 aromatic rings. The number of benzene rings is 1. The average molecular weight is 429 g/mol. The summed E-state index contributed by atoms with van der Waals surface area (Å²) >= 11 is 1.73. The summed E-state index contributed by atoms with van der Waals surface area (Å²) in [5.41, 5.74) is 1.15. The minimum Gasteiger partial charge on any atom is -0.497 e. The third-order valence-electron chi connectivity index (χ3n) is 5.81. The van der Waals surface area contributed by atoms with Gasteiger partial charge in [0, 0.05) is 31.0 Å². The Labute approximate surface area is 181 Å². The maximum absolute atomic E-state index is 13.2. The van der Waals surface area contributed by atoms with E-state index < -0.39 is 0 Å². The van der Waals surface area contributed by atoms with E-state index in [2.05, 4.69) is 11.4 Å². The van der Waals surface area contributed by atoms with E-state index in [1.807, 2.05) is 29.2 Å². The largest absolute Gasteiger partial charge is 0.497 e. The van der Waals surface area contributed by atoms with Crippen LogP contribution in [0.25, 0.3) is 0 Å². The Hall–Kier alpha value is -2.54. The van der Waals surface area contributed by atoms with Gasteiger partial charge in [0.15, 0.2) is 0 Å². The molecular weight excluding hydrogens is 400 g/mol. The molecule has 2 heterocycles. The number of methoxy groups -OCH3 is 1. The number of nitrogens with zero attached hydrogens (tertiary/aromatic N) is 2. The quantitative estimate of drug-likeness (QED) is 0.646. The lowest BCUT2D eigenvalue weighted by molar-refractivity contribution is -0.142. The molecule has 1 fully saturated rings. The minimum absolute atomic E-state index is 0.0121. The lowest BCUT2D eigenvalue weighted by atomic mass is 10.0. The molecule has 1 saturated carbocycles. The topological polar surface area (TPSA) is 59.1 Å². The smallest absolute Gasteiger partial charge is 0.242 e. The lowest BCUT2D eigenvalue weighted by Crippen LogP contribution is -2.47. The Morgan fingerprint density at radius 1 is 1.23 bits per heavy atom. The first-order chi connectivity index (χ1) is 14.5. The molecule has 0 radical (unpaired) electrons. The van der Waals surface area contributed by atoms with Gasteiger partial charge in [-0.25, -0.2) is 0 Å². The van der Waals surface area contributed by atoms with Crippen molar-refractivity contribution in [3.8, 4) is 11.5 Å². The molecule has 1 aliphatic heterocycles. The molecule has 30 heavy (non-hydrogen) atoms. The SMILES string of the molecule is COc1cccc(OCC2c3ccsc3CCN2C(=O)CN(CC2CC2)C(C)=O)c1. The van der Waals surface area contributed by atoms with Crippen molar-refractivity contribution in [2.45, 2.75) is 32.2 Å². The Bertz CT molecular complexity index is 908. The maximum atomic E-state index is 13.2. The second-order valence-corrected chi connectivity index (χ2v) is 8.99. The zero-order chi connectivity index (χ0) is 21.1. The molecule has 1 aromatic carbocycles. The van der Waals surface area contributed by atoms with Gasteiger partial charge in [-0.1, -0.05) is 6.07 Å². The van der Waals surface area contributed by atoms with Crippen LogP contribution < -0.4 is 9.47 Å². The molecule has 6 nitrogen and oxygen atoms in total. The Kier molecular flexibility index (Phi) is 6.27. The average Bonchev–Trinajstić information content (AvgIpc) is 3.44. The van der Waals surface area contributed by atoms with Gasteiger partial charge in [0.1, 0.15) is 18.1 Å². The molecule has 0 spiro atoms. The van der Waals surface area contributed by atoms with Crippen LogP contribution in [0.1, 0.15) is 36.2 Å². The second-order valence-electron chi connectivity index (χ2n) is 7.98. The summed E-state index contributed by atoms with van der Waals surface area (Å²) in [6.07, 6.45) is 3.14. The Morgan fingerprint density at radius 2 is 2.03 bits per heavy atom. The fourth-order valence-electron chi connectivity index (χ4n) is 3.91. The van der Waals surface area contributed by atoms with Crippen molar-refractivity contribution in [1.29, 1.82) is 0 Å². The van der Waals surface area contributed by atoms with Gasteiger partial charge in [0.25, 0.3) is 0 Å². The van der Waals surface area contributed by atoms with Crippen molar-refractivity contribution in [1.82, 2.24) is 9.80 Å². The summed E-state index contributed by atoms with van der Waals surface area (Å²) in [5.74, 6) is 1.95. The molecule has 0 bridgehead atoms. The van der Waals surface area contributed by atoms with Crippen LogP contribution >= 0.6 is 11.3 Å². The summed E-state index contributed by atoms with van der Waals surface area (Å²) in [7, 11) is 1.63. The number of carbonyl (C=O) groups excluding carboxylic acids is 2. The monoisotopic (exact) mass is 428 g/mol. The fraction of sp³-hybridized carbons (Fsp3) is 0.478. The third kappa shape index (κ3) is 4.78.